The van der Waals surface area contributed by atoms with Crippen LogP contribution in [0.5, 0.6) is 5.75 Å². The molecule has 0 N–H and O–H groups in total. The molecule has 0 saturated heterocycles. The Hall–Kier alpha value is -2.61. The number of benzene rings is 2. The van der Waals surface area contributed by atoms with Gasteiger partial charge in [0.15, 0.2) is 5.13 Å². The molecule has 0 radical (unpaired) electrons. The number of halogens is 2. The van der Waals surface area contributed by atoms with Gasteiger partial charge in [-0.05, 0) is 44.5 Å². The van der Waals surface area contributed by atoms with Crippen LogP contribution in [0.3, 0.4) is 0 Å². The number of imidazole rings is 1. The molecule has 6 nitrogen and oxygen atoms in total. The Labute approximate surface area is 202 Å². The van der Waals surface area contributed by atoms with Crippen LogP contribution in [-0.4, -0.2) is 34.1 Å². The second-order valence-electron chi connectivity index (χ2n) is 7.41. The fraction of sp³-hybridized carbons (Fsp3) is 0.261. The van der Waals surface area contributed by atoms with Crippen molar-refractivity contribution in [1.29, 1.82) is 0 Å². The van der Waals surface area contributed by atoms with Crippen LogP contribution < -0.4 is 9.64 Å². The van der Waals surface area contributed by atoms with Crippen molar-refractivity contribution in [2.75, 3.05) is 18.6 Å². The summed E-state index contributed by atoms with van der Waals surface area (Å²) in [5.41, 5.74) is 3.42. The Morgan fingerprint density at radius 3 is 2.62 bits per heavy atom. The normalized spacial score (nSPS) is 10.8. The van der Waals surface area contributed by atoms with Gasteiger partial charge in [-0.25, -0.2) is 9.97 Å². The number of fused-ring (bicyclic) bond motifs is 1. The van der Waals surface area contributed by atoms with Gasteiger partial charge in [0, 0.05) is 31.0 Å². The maximum atomic E-state index is 13.6. The number of ether oxygens (including phenoxy) is 1. The first-order chi connectivity index (χ1) is 15.0. The van der Waals surface area contributed by atoms with Gasteiger partial charge in [0.05, 0.1) is 23.2 Å². The molecule has 1 amide bonds. The molecular formula is C23H24Cl2N4O2S. The van der Waals surface area contributed by atoms with Gasteiger partial charge in [0.25, 0.3) is 5.91 Å². The Morgan fingerprint density at radius 2 is 1.97 bits per heavy atom. The van der Waals surface area contributed by atoms with Gasteiger partial charge in [-0.2, -0.15) is 0 Å². The van der Waals surface area contributed by atoms with E-state index in [4.69, 9.17) is 21.3 Å². The van der Waals surface area contributed by atoms with Gasteiger partial charge >= 0.3 is 0 Å². The van der Waals surface area contributed by atoms with Crippen LogP contribution in [0, 0.1) is 13.8 Å². The number of rotatable bonds is 7. The summed E-state index contributed by atoms with van der Waals surface area (Å²) in [4.78, 5) is 24.1. The summed E-state index contributed by atoms with van der Waals surface area (Å²) in [5.74, 6) is 0.561. The molecule has 0 unspecified atom stereocenters. The lowest BCUT2D eigenvalue weighted by Crippen LogP contribution is -2.32. The number of carbonyl (C=O) groups excluding carboxylic acids is 1. The van der Waals surface area contributed by atoms with Crippen LogP contribution in [0.2, 0.25) is 5.02 Å². The zero-order valence-corrected chi connectivity index (χ0v) is 20.4. The van der Waals surface area contributed by atoms with Crippen LogP contribution >= 0.6 is 35.3 Å². The minimum Gasteiger partial charge on any atom is -0.494 e. The molecule has 0 spiro atoms. The molecule has 0 bridgehead atoms. The van der Waals surface area contributed by atoms with Crippen LogP contribution in [0.4, 0.5) is 5.13 Å². The molecule has 0 fully saturated rings. The van der Waals surface area contributed by atoms with Crippen LogP contribution in [0.1, 0.15) is 27.9 Å². The minimum absolute atomic E-state index is 0. The maximum Gasteiger partial charge on any atom is 0.260 e. The largest absolute Gasteiger partial charge is 0.494 e. The molecular weight excluding hydrogens is 467 g/mol. The van der Waals surface area contributed by atoms with E-state index in [0.29, 0.717) is 33.5 Å². The molecule has 2 heterocycles. The second kappa shape index (κ2) is 10.3. The first-order valence-corrected chi connectivity index (χ1v) is 11.1. The first-order valence-electron chi connectivity index (χ1n) is 9.95. The third-order valence-electron chi connectivity index (χ3n) is 4.97. The van der Waals surface area contributed by atoms with Crippen molar-refractivity contribution < 1.29 is 9.53 Å². The van der Waals surface area contributed by atoms with Crippen molar-refractivity contribution in [1.82, 2.24) is 14.5 Å². The number of amides is 1. The predicted octanol–water partition coefficient (Wildman–Crippen LogP) is 5.93. The highest BCUT2D eigenvalue weighted by atomic mass is 35.5. The van der Waals surface area contributed by atoms with Crippen molar-refractivity contribution in [3.8, 4) is 5.75 Å². The van der Waals surface area contributed by atoms with Gasteiger partial charge < -0.3 is 9.30 Å². The monoisotopic (exact) mass is 490 g/mol. The maximum absolute atomic E-state index is 13.6. The lowest BCUT2D eigenvalue weighted by Gasteiger charge is -2.20. The van der Waals surface area contributed by atoms with Crippen molar-refractivity contribution in [3.63, 3.8) is 0 Å². The van der Waals surface area contributed by atoms with E-state index >= 15 is 0 Å². The Balaban J connectivity index is 0.00000289. The summed E-state index contributed by atoms with van der Waals surface area (Å²) < 4.78 is 8.26. The first kappa shape index (κ1) is 24.0. The number of hydrogen-bond acceptors (Lipinski definition) is 5. The van der Waals surface area contributed by atoms with E-state index in [9.17, 15) is 4.79 Å². The number of anilines is 1. The summed E-state index contributed by atoms with van der Waals surface area (Å²) in [7, 11) is 1.60. The second-order valence-corrected chi connectivity index (χ2v) is 8.80. The topological polar surface area (TPSA) is 60.2 Å². The average Bonchev–Trinajstić information content (AvgIpc) is 3.41. The van der Waals surface area contributed by atoms with E-state index in [2.05, 4.69) is 11.1 Å². The van der Waals surface area contributed by atoms with E-state index in [0.717, 1.165) is 28.8 Å². The lowest BCUT2D eigenvalue weighted by atomic mass is 10.1. The SMILES string of the molecule is COc1ccc(Cl)c2sc(N(CCCn3ccnc3)C(=O)c3cc(C)cc(C)c3)nc12.Cl. The van der Waals surface area contributed by atoms with Gasteiger partial charge in [-0.1, -0.05) is 40.1 Å². The van der Waals surface area contributed by atoms with Crippen molar-refractivity contribution in [2.24, 2.45) is 0 Å². The number of carbonyl (C=O) groups is 1. The molecule has 4 rings (SSSR count). The smallest absolute Gasteiger partial charge is 0.260 e. The molecule has 0 atom stereocenters. The van der Waals surface area contributed by atoms with Gasteiger partial charge in [0.2, 0.25) is 0 Å². The van der Waals surface area contributed by atoms with Gasteiger partial charge in [0.1, 0.15) is 11.3 Å². The molecule has 9 heteroatoms. The highest BCUT2D eigenvalue weighted by molar-refractivity contribution is 7.23. The zero-order chi connectivity index (χ0) is 22.0. The van der Waals surface area contributed by atoms with E-state index in [-0.39, 0.29) is 18.3 Å². The quantitative estimate of drug-likeness (QED) is 0.322. The van der Waals surface area contributed by atoms with Gasteiger partial charge in [-0.3, -0.25) is 9.69 Å². The van der Waals surface area contributed by atoms with Crippen LogP contribution in [0.15, 0.2) is 49.1 Å². The highest BCUT2D eigenvalue weighted by Gasteiger charge is 2.23. The van der Waals surface area contributed by atoms with Crippen LogP contribution in [-0.2, 0) is 6.54 Å². The molecule has 168 valence electrons. The summed E-state index contributed by atoms with van der Waals surface area (Å²) in [6, 6.07) is 9.48. The van der Waals surface area contributed by atoms with Gasteiger partial charge in [-0.15, -0.1) is 12.4 Å². The van der Waals surface area contributed by atoms with Crippen LogP contribution in [0.25, 0.3) is 10.2 Å². The Kier molecular flexibility index (Phi) is 7.77. The standard InChI is InChI=1S/C23H23ClN4O2S.ClH/c1-15-11-16(2)13-17(12-15)22(29)28(9-4-8-27-10-7-25-14-27)23-26-20-19(30-3)6-5-18(24)21(20)31-23;/h5-7,10-14H,4,8-9H2,1-3H3;1H. The van der Waals surface area contributed by atoms with E-state index in [1.807, 2.05) is 36.7 Å². The summed E-state index contributed by atoms with van der Waals surface area (Å²) in [6.07, 6.45) is 6.20. The van der Waals surface area contributed by atoms with Crippen molar-refractivity contribution >= 4 is 56.6 Å². The molecule has 0 saturated carbocycles. The number of aryl methyl sites for hydroxylation is 3. The molecule has 32 heavy (non-hydrogen) atoms. The average molecular weight is 491 g/mol. The number of hydrogen-bond donors (Lipinski definition) is 0. The van der Waals surface area contributed by atoms with Crippen molar-refractivity contribution in [2.45, 2.75) is 26.8 Å². The Bertz CT molecular complexity index is 1200. The number of methoxy groups -OCH3 is 1. The third-order valence-corrected chi connectivity index (χ3v) is 6.51. The summed E-state index contributed by atoms with van der Waals surface area (Å²) in [5, 5.41) is 1.20. The predicted molar refractivity (Wildman–Crippen MR) is 133 cm³/mol. The van der Waals surface area contributed by atoms with E-state index < -0.39 is 0 Å². The molecule has 2 aromatic carbocycles. The van der Waals surface area contributed by atoms with Crippen molar-refractivity contribution in [3.05, 3.63) is 70.8 Å². The fourth-order valence-corrected chi connectivity index (χ4v) is 4.87. The summed E-state index contributed by atoms with van der Waals surface area (Å²) >= 11 is 7.82. The molecule has 2 aromatic heterocycles. The fourth-order valence-electron chi connectivity index (χ4n) is 3.59. The molecule has 0 aliphatic rings. The lowest BCUT2D eigenvalue weighted by molar-refractivity contribution is 0.0986. The molecule has 0 aliphatic heterocycles. The number of aromatic nitrogens is 3. The van der Waals surface area contributed by atoms with E-state index in [1.54, 1.807) is 36.7 Å². The highest BCUT2D eigenvalue weighted by Crippen LogP contribution is 2.39. The Morgan fingerprint density at radius 1 is 1.22 bits per heavy atom. The third kappa shape index (κ3) is 5.06. The summed E-state index contributed by atoms with van der Waals surface area (Å²) in [6.45, 7) is 5.26. The van der Waals surface area contributed by atoms with E-state index in [1.165, 1.54) is 11.3 Å². The molecule has 0 aliphatic carbocycles. The molecule has 4 aromatic rings. The number of nitrogens with zero attached hydrogens (tertiary/aromatic N) is 4. The number of thiazole rings is 1. The zero-order valence-electron chi connectivity index (χ0n) is 18.0. The minimum atomic E-state index is -0.0772.